The summed E-state index contributed by atoms with van der Waals surface area (Å²) in [7, 11) is 0. The van der Waals surface area contributed by atoms with Gasteiger partial charge in [0.15, 0.2) is 0 Å². The van der Waals surface area contributed by atoms with E-state index in [9.17, 15) is 9.59 Å². The van der Waals surface area contributed by atoms with Gasteiger partial charge in [0, 0.05) is 12.2 Å². The lowest BCUT2D eigenvalue weighted by atomic mass is 9.68. The van der Waals surface area contributed by atoms with Crippen LogP contribution in [-0.4, -0.2) is 38.4 Å². The molecule has 0 saturated carbocycles. The van der Waals surface area contributed by atoms with Crippen molar-refractivity contribution in [1.29, 1.82) is 0 Å². The van der Waals surface area contributed by atoms with Crippen LogP contribution in [0.4, 0.5) is 0 Å². The van der Waals surface area contributed by atoms with Gasteiger partial charge in [-0.05, 0) is 71.5 Å². The first kappa shape index (κ1) is 29.4. The van der Waals surface area contributed by atoms with E-state index in [1.165, 1.54) is 34.4 Å². The van der Waals surface area contributed by atoms with Crippen molar-refractivity contribution in [2.24, 2.45) is 0 Å². The molecule has 43 heavy (non-hydrogen) atoms. The number of ether oxygens (including phenoxy) is 4. The van der Waals surface area contributed by atoms with E-state index in [4.69, 9.17) is 18.9 Å². The predicted molar refractivity (Wildman–Crippen MR) is 166 cm³/mol. The smallest absolute Gasteiger partial charge is 0.330 e. The molecule has 5 rings (SSSR count). The Hall–Kier alpha value is -5.10. The van der Waals surface area contributed by atoms with Crippen molar-refractivity contribution in [1.82, 2.24) is 0 Å². The largest absolute Gasteiger partial charge is 0.490 e. The minimum Gasteiger partial charge on any atom is -0.490 e. The van der Waals surface area contributed by atoms with Crippen molar-refractivity contribution in [3.8, 4) is 22.6 Å². The molecule has 0 aliphatic heterocycles. The van der Waals surface area contributed by atoms with E-state index < -0.39 is 5.41 Å². The van der Waals surface area contributed by atoms with Crippen molar-refractivity contribution < 1.29 is 28.5 Å². The molecular weight excluding hydrogens is 540 g/mol. The van der Waals surface area contributed by atoms with Crippen molar-refractivity contribution in [2.45, 2.75) is 19.3 Å². The molecule has 0 bridgehead atoms. The average Bonchev–Trinajstić information content (AvgIpc) is 3.34. The Kier molecular flexibility index (Phi) is 9.37. The van der Waals surface area contributed by atoms with Gasteiger partial charge in [-0.15, -0.1) is 0 Å². The summed E-state index contributed by atoms with van der Waals surface area (Å²) in [5, 5.41) is 0. The summed E-state index contributed by atoms with van der Waals surface area (Å²) >= 11 is 0. The molecule has 0 amide bonds. The molecule has 0 spiro atoms. The number of rotatable bonds is 12. The van der Waals surface area contributed by atoms with Crippen LogP contribution in [0.25, 0.3) is 11.1 Å². The second-order valence-corrected chi connectivity index (χ2v) is 9.92. The fraction of sp³-hybridized carbons (Fsp3) is 0.189. The van der Waals surface area contributed by atoms with Crippen LogP contribution in [0.15, 0.2) is 121 Å². The zero-order chi connectivity index (χ0) is 30.1. The van der Waals surface area contributed by atoms with Crippen LogP contribution in [0.3, 0.4) is 0 Å². The lowest BCUT2D eigenvalue weighted by Gasteiger charge is -2.34. The van der Waals surface area contributed by atoms with Crippen LogP contribution in [0, 0.1) is 0 Å². The normalized spacial score (nSPS) is 13.0. The van der Waals surface area contributed by atoms with E-state index in [2.05, 4.69) is 72.8 Å². The molecule has 0 heterocycles. The third kappa shape index (κ3) is 6.24. The lowest BCUT2D eigenvalue weighted by molar-refractivity contribution is -0.139. The van der Waals surface area contributed by atoms with Gasteiger partial charge in [0.2, 0.25) is 0 Å². The molecule has 0 unspecified atom stereocenters. The van der Waals surface area contributed by atoms with Crippen molar-refractivity contribution >= 4 is 11.9 Å². The number of fused-ring (bicyclic) bond motifs is 3. The third-order valence-electron chi connectivity index (χ3n) is 7.33. The molecule has 4 aromatic rings. The molecule has 0 saturated heterocycles. The quantitative estimate of drug-likeness (QED) is 0.0904. The highest BCUT2D eigenvalue weighted by atomic mass is 16.6. The topological polar surface area (TPSA) is 71.1 Å². The van der Waals surface area contributed by atoms with E-state index in [0.717, 1.165) is 11.1 Å². The van der Waals surface area contributed by atoms with Crippen LogP contribution in [0.2, 0.25) is 0 Å². The van der Waals surface area contributed by atoms with Crippen LogP contribution in [0.5, 0.6) is 11.5 Å². The maximum atomic E-state index is 11.6. The van der Waals surface area contributed by atoms with Gasteiger partial charge in [-0.2, -0.15) is 0 Å². The summed E-state index contributed by atoms with van der Waals surface area (Å²) in [5.74, 6) is 0.622. The second-order valence-electron chi connectivity index (χ2n) is 9.92. The maximum Gasteiger partial charge on any atom is 0.330 e. The van der Waals surface area contributed by atoms with E-state index in [-0.39, 0.29) is 38.4 Å². The first-order valence-electron chi connectivity index (χ1n) is 14.3. The summed E-state index contributed by atoms with van der Waals surface area (Å²) < 4.78 is 22.0. The fourth-order valence-electron chi connectivity index (χ4n) is 5.60. The van der Waals surface area contributed by atoms with E-state index in [1.807, 2.05) is 24.3 Å². The van der Waals surface area contributed by atoms with E-state index in [1.54, 1.807) is 26.0 Å². The van der Waals surface area contributed by atoms with Crippen LogP contribution in [0.1, 0.15) is 36.1 Å². The van der Waals surface area contributed by atoms with Gasteiger partial charge in [-0.3, -0.25) is 0 Å². The van der Waals surface area contributed by atoms with Gasteiger partial charge in [-0.1, -0.05) is 84.9 Å². The Bertz CT molecular complexity index is 1490. The Morgan fingerprint density at radius 2 is 0.953 bits per heavy atom. The molecule has 0 radical (unpaired) electrons. The Morgan fingerprint density at radius 3 is 1.35 bits per heavy atom. The van der Waals surface area contributed by atoms with Gasteiger partial charge in [0.1, 0.15) is 37.9 Å². The van der Waals surface area contributed by atoms with Crippen LogP contribution >= 0.6 is 0 Å². The van der Waals surface area contributed by atoms with Crippen LogP contribution in [-0.2, 0) is 24.5 Å². The number of carbonyl (C=O) groups is 2. The zero-order valence-corrected chi connectivity index (χ0v) is 24.3. The van der Waals surface area contributed by atoms with Gasteiger partial charge in [-0.25, -0.2) is 9.59 Å². The Labute approximate surface area is 252 Å². The highest BCUT2D eigenvalue weighted by Gasteiger charge is 2.45. The zero-order valence-electron chi connectivity index (χ0n) is 24.3. The second kappa shape index (κ2) is 13.7. The minimum atomic E-state index is -0.561. The SMILES string of the molecule is CC=CC(=O)OCCOc1ccc(C2(c3ccc(OCCOC(=O)C=CC)cc3)c3ccccc3-c3ccccc32)cc1. The summed E-state index contributed by atoms with van der Waals surface area (Å²) in [6.07, 6.45) is 6.05. The number of benzene rings is 4. The number of esters is 2. The molecule has 0 aromatic heterocycles. The molecule has 6 nitrogen and oxygen atoms in total. The molecule has 1 aliphatic rings. The molecular formula is C37H34O6. The average molecular weight is 575 g/mol. The highest BCUT2D eigenvalue weighted by molar-refractivity contribution is 5.86. The van der Waals surface area contributed by atoms with Gasteiger partial charge >= 0.3 is 11.9 Å². The molecule has 1 aliphatic carbocycles. The van der Waals surface area contributed by atoms with E-state index in [0.29, 0.717) is 11.5 Å². The Morgan fingerprint density at radius 1 is 0.558 bits per heavy atom. The minimum absolute atomic E-state index is 0.169. The van der Waals surface area contributed by atoms with Gasteiger partial charge in [0.05, 0.1) is 5.41 Å². The number of hydrogen-bond donors (Lipinski definition) is 0. The maximum absolute atomic E-state index is 11.6. The fourth-order valence-corrected chi connectivity index (χ4v) is 5.60. The van der Waals surface area contributed by atoms with Crippen LogP contribution < -0.4 is 9.47 Å². The number of allylic oxidation sites excluding steroid dienone is 2. The standard InChI is InChI=1S/C37H34O6/c1-3-9-35(38)42-25-23-40-29-19-15-27(16-20-29)37(33-13-7-5-11-31(33)32-12-6-8-14-34(32)37)28-17-21-30(22-18-28)41-24-26-43-36(39)10-4-2/h3-22H,23-26H2,1-2H3. The molecule has 4 aromatic carbocycles. The molecule has 0 fully saturated rings. The molecule has 218 valence electrons. The summed E-state index contributed by atoms with van der Waals surface area (Å²) in [5.41, 5.74) is 6.43. The Balaban J connectivity index is 1.44. The van der Waals surface area contributed by atoms with Gasteiger partial charge < -0.3 is 18.9 Å². The first-order chi connectivity index (χ1) is 21.1. The summed E-state index contributed by atoms with van der Waals surface area (Å²) in [6.45, 7) is 4.39. The van der Waals surface area contributed by atoms with Crippen molar-refractivity contribution in [2.75, 3.05) is 26.4 Å². The third-order valence-corrected chi connectivity index (χ3v) is 7.33. The van der Waals surface area contributed by atoms with E-state index >= 15 is 0 Å². The number of hydrogen-bond acceptors (Lipinski definition) is 6. The summed E-state index contributed by atoms with van der Waals surface area (Å²) in [6, 6.07) is 33.3. The molecule has 0 atom stereocenters. The first-order valence-corrected chi connectivity index (χ1v) is 14.3. The molecule has 6 heteroatoms. The van der Waals surface area contributed by atoms with Crippen molar-refractivity contribution in [3.05, 3.63) is 144 Å². The van der Waals surface area contributed by atoms with Crippen molar-refractivity contribution in [3.63, 3.8) is 0 Å². The van der Waals surface area contributed by atoms with Gasteiger partial charge in [0.25, 0.3) is 0 Å². The predicted octanol–water partition coefficient (Wildman–Crippen LogP) is 7.05. The molecule has 0 N–H and O–H groups in total. The lowest BCUT2D eigenvalue weighted by Crippen LogP contribution is -2.28. The number of carbonyl (C=O) groups excluding carboxylic acids is 2. The highest BCUT2D eigenvalue weighted by Crippen LogP contribution is 2.56. The monoisotopic (exact) mass is 574 g/mol. The summed E-state index contributed by atoms with van der Waals surface area (Å²) in [4.78, 5) is 23.1.